The summed E-state index contributed by atoms with van der Waals surface area (Å²) in [5, 5.41) is 9.68. The van der Waals surface area contributed by atoms with Gasteiger partial charge in [-0.05, 0) is 122 Å². The van der Waals surface area contributed by atoms with Gasteiger partial charge in [-0.15, -0.1) is 0 Å². The molecule has 0 amide bonds. The third-order valence-electron chi connectivity index (χ3n) is 11.4. The van der Waals surface area contributed by atoms with Crippen LogP contribution in [0.2, 0.25) is 0 Å². The molecule has 1 N–H and O–H groups in total. The molecule has 0 aliphatic heterocycles. The van der Waals surface area contributed by atoms with Gasteiger partial charge < -0.3 is 28.5 Å². The molecule has 0 aliphatic carbocycles. The molecule has 0 fully saturated rings. The number of carbonyl (C=O) groups is 3. The summed E-state index contributed by atoms with van der Waals surface area (Å²) in [6.45, 7) is 4.46. The number of aliphatic carboxylic acids is 1. The van der Waals surface area contributed by atoms with Gasteiger partial charge >= 0.3 is 17.9 Å². The molecule has 0 aliphatic rings. The Labute approximate surface area is 481 Å². The van der Waals surface area contributed by atoms with Crippen molar-refractivity contribution in [2.45, 2.75) is 180 Å². The van der Waals surface area contributed by atoms with E-state index in [-0.39, 0.29) is 32.7 Å². The predicted octanol–water partition coefficient (Wildman–Crippen LogP) is 17.9. The zero-order valence-electron chi connectivity index (χ0n) is 49.7. The standard InChI is InChI=1S/C70H105NO8/c1-6-8-10-12-14-16-18-20-22-23-24-25-26-27-28-29-30-31-32-33-34-35-36-37-38-39-40-41-42-43-44-45-47-49-51-53-55-57-59-61-68(73)79-66(65-78-70(69(74)75)76-63-62-71(3,4)5)64-77-67(72)60-58-56-54-52-50-48-46-21-19-17-15-13-11-9-7-2/h8-11,14-17,20-22,24-25,27-28,30-31,33-34,36-37,39-40,42-43,45-47,50,52,56,58,66,70H,6-7,12-13,18-19,23,26,29,32,35,38,41,44,48-49,51,53-55,57,59-65H2,1-5H3/p+1/b10-8-,11-9-,16-14-,17-15-,22-20-,25-24-,28-27-,31-30-,34-33-,37-36-,40-39-,43-42-,46-21-,47-45-,52-50-,58-56-. The summed E-state index contributed by atoms with van der Waals surface area (Å²) in [6, 6.07) is 0. The van der Waals surface area contributed by atoms with E-state index < -0.39 is 30.3 Å². The molecule has 0 aromatic carbocycles. The molecule has 0 aromatic rings. The average molecular weight is 1090 g/mol. The summed E-state index contributed by atoms with van der Waals surface area (Å²) in [7, 11) is 5.91. The van der Waals surface area contributed by atoms with Gasteiger partial charge in [0.05, 0.1) is 40.8 Å². The smallest absolute Gasteiger partial charge is 0.361 e. The lowest BCUT2D eigenvalue weighted by atomic mass is 10.1. The number of allylic oxidation sites excluding steroid dienone is 31. The molecule has 438 valence electrons. The van der Waals surface area contributed by atoms with Crippen molar-refractivity contribution in [2.24, 2.45) is 0 Å². The maximum atomic E-state index is 12.9. The Morgan fingerprint density at radius 3 is 1.08 bits per heavy atom. The number of esters is 2. The molecule has 2 unspecified atom stereocenters. The van der Waals surface area contributed by atoms with Crippen molar-refractivity contribution in [3.05, 3.63) is 194 Å². The number of likely N-dealkylation sites (N-methyl/N-ethyl adjacent to an activating group) is 1. The van der Waals surface area contributed by atoms with E-state index in [4.69, 9.17) is 18.9 Å². The van der Waals surface area contributed by atoms with E-state index in [1.54, 1.807) is 6.08 Å². The minimum Gasteiger partial charge on any atom is -0.477 e. The topological polar surface area (TPSA) is 108 Å². The van der Waals surface area contributed by atoms with Crippen LogP contribution >= 0.6 is 0 Å². The van der Waals surface area contributed by atoms with E-state index in [2.05, 4.69) is 190 Å². The van der Waals surface area contributed by atoms with E-state index in [1.807, 2.05) is 33.3 Å². The zero-order chi connectivity index (χ0) is 57.6. The Balaban J connectivity index is 4.33. The van der Waals surface area contributed by atoms with E-state index >= 15 is 0 Å². The largest absolute Gasteiger partial charge is 0.477 e. The quantitative estimate of drug-likeness (QED) is 0.0211. The monoisotopic (exact) mass is 1090 g/mol. The molecule has 0 rings (SSSR count). The number of rotatable bonds is 51. The first-order chi connectivity index (χ1) is 38.6. The van der Waals surface area contributed by atoms with Crippen molar-refractivity contribution in [1.82, 2.24) is 0 Å². The Morgan fingerprint density at radius 2 is 0.722 bits per heavy atom. The number of unbranched alkanes of at least 4 members (excludes halogenated alkanes) is 5. The highest BCUT2D eigenvalue weighted by Crippen LogP contribution is 2.11. The summed E-state index contributed by atoms with van der Waals surface area (Å²) in [5.41, 5.74) is 0. The van der Waals surface area contributed by atoms with Gasteiger partial charge in [0, 0.05) is 6.42 Å². The number of nitrogens with zero attached hydrogens (tertiary/aromatic N) is 1. The predicted molar refractivity (Wildman–Crippen MR) is 335 cm³/mol. The maximum Gasteiger partial charge on any atom is 0.361 e. The molecule has 2 atom stereocenters. The summed E-state index contributed by atoms with van der Waals surface area (Å²) in [6.07, 6.45) is 88.4. The van der Waals surface area contributed by atoms with Gasteiger partial charge in [0.25, 0.3) is 6.29 Å². The fourth-order valence-corrected chi connectivity index (χ4v) is 6.91. The molecule has 0 heterocycles. The first kappa shape index (κ1) is 73.1. The summed E-state index contributed by atoms with van der Waals surface area (Å²) in [5.74, 6) is -2.23. The molecule has 0 spiro atoms. The van der Waals surface area contributed by atoms with E-state index in [0.717, 1.165) is 128 Å². The first-order valence-electron chi connectivity index (χ1n) is 29.6. The minimum absolute atomic E-state index is 0.0535. The van der Waals surface area contributed by atoms with Crippen molar-refractivity contribution in [3.8, 4) is 0 Å². The van der Waals surface area contributed by atoms with Gasteiger partial charge in [-0.2, -0.15) is 0 Å². The van der Waals surface area contributed by atoms with Crippen LogP contribution in [-0.4, -0.2) is 87.4 Å². The van der Waals surface area contributed by atoms with Gasteiger partial charge in [0.15, 0.2) is 6.10 Å². The van der Waals surface area contributed by atoms with Crippen LogP contribution in [0.15, 0.2) is 194 Å². The number of carbonyl (C=O) groups excluding carboxylic acids is 2. The number of ether oxygens (including phenoxy) is 4. The number of carboxylic acid groups (broad SMARTS) is 1. The van der Waals surface area contributed by atoms with Crippen molar-refractivity contribution >= 4 is 17.9 Å². The minimum atomic E-state index is -1.55. The molecular weight excluding hydrogens is 983 g/mol. The number of quaternary nitrogens is 1. The Morgan fingerprint density at radius 1 is 0.392 bits per heavy atom. The molecule has 0 aromatic heterocycles. The molecule has 0 bridgehead atoms. The van der Waals surface area contributed by atoms with Gasteiger partial charge in [-0.1, -0.05) is 228 Å². The summed E-state index contributed by atoms with van der Waals surface area (Å²) < 4.78 is 22.7. The lowest BCUT2D eigenvalue weighted by Crippen LogP contribution is -2.40. The van der Waals surface area contributed by atoms with Crippen molar-refractivity contribution < 1.29 is 42.9 Å². The van der Waals surface area contributed by atoms with Crippen LogP contribution in [0.3, 0.4) is 0 Å². The van der Waals surface area contributed by atoms with Gasteiger partial charge in [0.1, 0.15) is 13.2 Å². The van der Waals surface area contributed by atoms with Crippen LogP contribution in [0.5, 0.6) is 0 Å². The number of carboxylic acids is 1. The molecule has 0 radical (unpaired) electrons. The Kier molecular flexibility index (Phi) is 54.0. The average Bonchev–Trinajstić information content (AvgIpc) is 3.42. The van der Waals surface area contributed by atoms with Crippen LogP contribution in [0, 0.1) is 0 Å². The second-order valence-corrected chi connectivity index (χ2v) is 19.9. The Bertz CT molecular complexity index is 1990. The van der Waals surface area contributed by atoms with Crippen LogP contribution in [-0.2, 0) is 33.3 Å². The highest BCUT2D eigenvalue weighted by molar-refractivity contribution is 5.72. The molecular formula is C70H106NO8+. The van der Waals surface area contributed by atoms with Crippen LogP contribution in [0.4, 0.5) is 0 Å². The fourth-order valence-electron chi connectivity index (χ4n) is 6.91. The second kappa shape index (κ2) is 58.3. The summed E-state index contributed by atoms with van der Waals surface area (Å²) in [4.78, 5) is 37.3. The van der Waals surface area contributed by atoms with Gasteiger partial charge in [-0.25, -0.2) is 4.79 Å². The van der Waals surface area contributed by atoms with Crippen molar-refractivity contribution in [1.29, 1.82) is 0 Å². The SMILES string of the molecule is CC/C=C\C/C=C\C/C=C\C/C=C\C/C=C\C/C=C\C/C=C\C/C=C\C/C=C\C/C=C\C/C=C\CCCCCCCC(=O)OC(COC(=O)C/C=C\C/C=C\C/C=C\C/C=C\C/C=C\CC)COC(OCC[N+](C)(C)C)C(=O)O. The second-order valence-electron chi connectivity index (χ2n) is 19.9. The van der Waals surface area contributed by atoms with Crippen molar-refractivity contribution in [2.75, 3.05) is 47.5 Å². The van der Waals surface area contributed by atoms with Crippen LogP contribution < -0.4 is 0 Å². The first-order valence-corrected chi connectivity index (χ1v) is 29.6. The number of hydrogen-bond donors (Lipinski definition) is 1. The zero-order valence-corrected chi connectivity index (χ0v) is 49.7. The molecule has 79 heavy (non-hydrogen) atoms. The maximum absolute atomic E-state index is 12.9. The van der Waals surface area contributed by atoms with E-state index in [1.165, 1.54) is 0 Å². The number of hydrogen-bond acceptors (Lipinski definition) is 7. The molecule has 9 nitrogen and oxygen atoms in total. The lowest BCUT2D eigenvalue weighted by Gasteiger charge is -2.25. The van der Waals surface area contributed by atoms with Gasteiger partial charge in [0.2, 0.25) is 0 Å². The molecule has 0 saturated heterocycles. The fraction of sp³-hybridized carbons (Fsp3) is 0.500. The highest BCUT2D eigenvalue weighted by Gasteiger charge is 2.25. The molecule has 0 saturated carbocycles. The normalized spacial score (nSPS) is 14.2. The Hall–Kier alpha value is -5.87. The van der Waals surface area contributed by atoms with Crippen molar-refractivity contribution in [3.63, 3.8) is 0 Å². The van der Waals surface area contributed by atoms with Crippen LogP contribution in [0.1, 0.15) is 168 Å². The van der Waals surface area contributed by atoms with Crippen LogP contribution in [0.25, 0.3) is 0 Å². The van der Waals surface area contributed by atoms with E-state index in [9.17, 15) is 19.5 Å². The molecule has 9 heteroatoms. The highest BCUT2D eigenvalue weighted by atomic mass is 16.7. The summed E-state index contributed by atoms with van der Waals surface area (Å²) >= 11 is 0. The lowest BCUT2D eigenvalue weighted by molar-refractivity contribution is -0.870. The van der Waals surface area contributed by atoms with E-state index in [0.29, 0.717) is 23.9 Å². The third kappa shape index (κ3) is 59.6. The van der Waals surface area contributed by atoms with Gasteiger partial charge in [-0.3, -0.25) is 9.59 Å². The third-order valence-corrected chi connectivity index (χ3v) is 11.4.